The van der Waals surface area contributed by atoms with Crippen molar-refractivity contribution < 1.29 is 8.81 Å². The summed E-state index contributed by atoms with van der Waals surface area (Å²) in [5.41, 5.74) is 0.812. The molecule has 0 saturated carbocycles. The van der Waals surface area contributed by atoms with Crippen molar-refractivity contribution in [1.29, 1.82) is 0 Å². The summed E-state index contributed by atoms with van der Waals surface area (Å²) in [6.45, 7) is 2.60. The number of hydrogen-bond acceptors (Lipinski definition) is 3. The normalized spacial score (nSPS) is 10.9. The first-order valence-electron chi connectivity index (χ1n) is 6.47. The number of aryl methyl sites for hydroxylation is 1. The quantitative estimate of drug-likeness (QED) is 0.731. The number of aromatic nitrogens is 3. The van der Waals surface area contributed by atoms with Crippen LogP contribution in [-0.4, -0.2) is 14.5 Å². The number of hydrogen-bond donors (Lipinski definition) is 0. The lowest BCUT2D eigenvalue weighted by Crippen LogP contribution is -2.03. The molecule has 5 heteroatoms. The van der Waals surface area contributed by atoms with E-state index >= 15 is 0 Å². The monoisotopic (exact) mass is 271 g/mol. The van der Waals surface area contributed by atoms with Gasteiger partial charge in [-0.1, -0.05) is 6.92 Å². The lowest BCUT2D eigenvalue weighted by molar-refractivity contribution is 0.484. The fraction of sp³-hybridized carbons (Fsp3) is 0.200. The average Bonchev–Trinajstić information content (AvgIpc) is 3.09. The maximum atomic E-state index is 12.9. The average molecular weight is 271 g/mol. The highest BCUT2D eigenvalue weighted by atomic mass is 19.1. The third-order valence-corrected chi connectivity index (χ3v) is 3.11. The van der Waals surface area contributed by atoms with Gasteiger partial charge >= 0.3 is 0 Å². The smallest absolute Gasteiger partial charge is 0.214 e. The lowest BCUT2D eigenvalue weighted by Gasteiger charge is -2.02. The molecule has 20 heavy (non-hydrogen) atoms. The molecule has 0 unspecified atom stereocenters. The Bertz CT molecular complexity index is 700. The zero-order valence-electron chi connectivity index (χ0n) is 11.1. The molecule has 0 bridgehead atoms. The molecule has 0 amide bonds. The van der Waals surface area contributed by atoms with Crippen molar-refractivity contribution in [3.05, 3.63) is 60.4 Å². The third-order valence-electron chi connectivity index (χ3n) is 3.11. The van der Waals surface area contributed by atoms with Crippen molar-refractivity contribution in [3.8, 4) is 11.3 Å². The van der Waals surface area contributed by atoms with Crippen molar-refractivity contribution in [2.45, 2.75) is 19.9 Å². The van der Waals surface area contributed by atoms with Gasteiger partial charge in [-0.2, -0.15) is 0 Å². The van der Waals surface area contributed by atoms with E-state index in [4.69, 9.17) is 4.42 Å². The van der Waals surface area contributed by atoms with Gasteiger partial charge in [0.05, 0.1) is 6.20 Å². The van der Waals surface area contributed by atoms with Crippen LogP contribution in [0.15, 0.2) is 47.3 Å². The van der Waals surface area contributed by atoms with Crippen LogP contribution in [0.5, 0.6) is 0 Å². The van der Waals surface area contributed by atoms with Crippen molar-refractivity contribution in [1.82, 2.24) is 14.5 Å². The number of benzene rings is 1. The number of nitrogens with zero attached hydrogens (tertiary/aromatic N) is 3. The van der Waals surface area contributed by atoms with Crippen molar-refractivity contribution >= 4 is 0 Å². The Morgan fingerprint density at radius 3 is 2.75 bits per heavy atom. The Balaban J connectivity index is 1.82. The summed E-state index contributed by atoms with van der Waals surface area (Å²) < 4.78 is 20.6. The highest BCUT2D eigenvalue weighted by Crippen LogP contribution is 2.21. The second kappa shape index (κ2) is 5.28. The van der Waals surface area contributed by atoms with Gasteiger partial charge in [-0.3, -0.25) is 0 Å². The van der Waals surface area contributed by atoms with E-state index in [2.05, 4.69) is 16.9 Å². The molecular formula is C15H14FN3O. The van der Waals surface area contributed by atoms with Gasteiger partial charge in [0, 0.05) is 24.4 Å². The molecule has 0 aliphatic heterocycles. The first-order valence-corrected chi connectivity index (χ1v) is 6.47. The molecule has 0 atom stereocenters. The fourth-order valence-corrected chi connectivity index (χ4v) is 2.08. The van der Waals surface area contributed by atoms with Crippen LogP contribution in [0.2, 0.25) is 0 Å². The standard InChI is InChI=1S/C15H14FN3O/c1-2-14-17-7-8-19(14)10-15-18-9-13(20-15)11-3-5-12(16)6-4-11/h3-9H,2,10H2,1H3. The summed E-state index contributed by atoms with van der Waals surface area (Å²) in [5, 5.41) is 0. The van der Waals surface area contributed by atoms with Crippen LogP contribution in [0, 0.1) is 5.82 Å². The molecule has 0 saturated heterocycles. The molecule has 4 nitrogen and oxygen atoms in total. The SMILES string of the molecule is CCc1nccn1Cc1ncc(-c2ccc(F)cc2)o1. The molecule has 0 aliphatic rings. The highest BCUT2D eigenvalue weighted by Gasteiger charge is 2.08. The van der Waals surface area contributed by atoms with Crippen LogP contribution in [0.4, 0.5) is 4.39 Å². The van der Waals surface area contributed by atoms with E-state index < -0.39 is 0 Å². The molecular weight excluding hydrogens is 257 g/mol. The van der Waals surface area contributed by atoms with Crippen LogP contribution in [-0.2, 0) is 13.0 Å². The number of oxazole rings is 1. The van der Waals surface area contributed by atoms with Crippen LogP contribution in [0.25, 0.3) is 11.3 Å². The van der Waals surface area contributed by atoms with Gasteiger partial charge in [-0.05, 0) is 24.3 Å². The molecule has 0 aliphatic carbocycles. The van der Waals surface area contributed by atoms with Crippen molar-refractivity contribution in [3.63, 3.8) is 0 Å². The largest absolute Gasteiger partial charge is 0.439 e. The van der Waals surface area contributed by atoms with Gasteiger partial charge in [0.1, 0.15) is 18.2 Å². The first kappa shape index (κ1) is 12.6. The zero-order valence-corrected chi connectivity index (χ0v) is 11.1. The van der Waals surface area contributed by atoms with Crippen LogP contribution in [0.3, 0.4) is 0 Å². The van der Waals surface area contributed by atoms with E-state index in [0.29, 0.717) is 18.2 Å². The third kappa shape index (κ3) is 2.47. The van der Waals surface area contributed by atoms with Gasteiger partial charge < -0.3 is 8.98 Å². The molecule has 3 aromatic rings. The minimum Gasteiger partial charge on any atom is -0.439 e. The Morgan fingerprint density at radius 2 is 2.00 bits per heavy atom. The second-order valence-electron chi connectivity index (χ2n) is 4.45. The van der Waals surface area contributed by atoms with E-state index in [1.165, 1.54) is 12.1 Å². The van der Waals surface area contributed by atoms with E-state index in [-0.39, 0.29) is 5.82 Å². The van der Waals surface area contributed by atoms with E-state index in [0.717, 1.165) is 17.8 Å². The zero-order chi connectivity index (χ0) is 13.9. The molecule has 2 heterocycles. The maximum absolute atomic E-state index is 12.9. The first-order chi connectivity index (χ1) is 9.76. The Morgan fingerprint density at radius 1 is 1.20 bits per heavy atom. The van der Waals surface area contributed by atoms with E-state index in [1.807, 2.05) is 10.8 Å². The molecule has 102 valence electrons. The van der Waals surface area contributed by atoms with Crippen LogP contribution in [0.1, 0.15) is 18.6 Å². The van der Waals surface area contributed by atoms with Gasteiger partial charge in [0.25, 0.3) is 0 Å². The molecule has 3 rings (SSSR count). The van der Waals surface area contributed by atoms with Crippen molar-refractivity contribution in [2.24, 2.45) is 0 Å². The molecule has 1 aromatic carbocycles. The predicted molar refractivity (Wildman–Crippen MR) is 72.6 cm³/mol. The van der Waals surface area contributed by atoms with Crippen LogP contribution >= 0.6 is 0 Å². The van der Waals surface area contributed by atoms with Gasteiger partial charge in [0.15, 0.2) is 5.76 Å². The summed E-state index contributed by atoms with van der Waals surface area (Å²) in [6.07, 6.45) is 6.19. The minimum absolute atomic E-state index is 0.264. The predicted octanol–water partition coefficient (Wildman–Crippen LogP) is 3.29. The maximum Gasteiger partial charge on any atom is 0.214 e. The summed E-state index contributed by atoms with van der Waals surface area (Å²) >= 11 is 0. The minimum atomic E-state index is -0.264. The van der Waals surface area contributed by atoms with E-state index in [1.54, 1.807) is 24.5 Å². The number of rotatable bonds is 4. The molecule has 0 fully saturated rings. The molecule has 0 spiro atoms. The van der Waals surface area contributed by atoms with Gasteiger partial charge in [-0.25, -0.2) is 14.4 Å². The topological polar surface area (TPSA) is 43.9 Å². The number of halogens is 1. The summed E-state index contributed by atoms with van der Waals surface area (Å²) in [6, 6.07) is 6.16. The molecule has 0 N–H and O–H groups in total. The Kier molecular flexibility index (Phi) is 3.33. The van der Waals surface area contributed by atoms with Crippen molar-refractivity contribution in [2.75, 3.05) is 0 Å². The highest BCUT2D eigenvalue weighted by molar-refractivity contribution is 5.55. The van der Waals surface area contributed by atoms with Gasteiger partial charge in [0.2, 0.25) is 5.89 Å². The van der Waals surface area contributed by atoms with Crippen LogP contribution < -0.4 is 0 Å². The fourth-order valence-electron chi connectivity index (χ4n) is 2.08. The van der Waals surface area contributed by atoms with E-state index in [9.17, 15) is 4.39 Å². The lowest BCUT2D eigenvalue weighted by atomic mass is 10.2. The second-order valence-corrected chi connectivity index (χ2v) is 4.45. The summed E-state index contributed by atoms with van der Waals surface area (Å²) in [4.78, 5) is 8.51. The Hall–Kier alpha value is -2.43. The molecule has 0 radical (unpaired) electrons. The summed E-state index contributed by atoms with van der Waals surface area (Å²) in [7, 11) is 0. The molecule has 2 aromatic heterocycles. The summed E-state index contributed by atoms with van der Waals surface area (Å²) in [5.74, 6) is 1.97. The number of imidazole rings is 1. The van der Waals surface area contributed by atoms with Gasteiger partial charge in [-0.15, -0.1) is 0 Å². The Labute approximate surface area is 115 Å².